The maximum Gasteiger partial charge on any atom is 0.416 e. The second-order valence-electron chi connectivity index (χ2n) is 9.37. The molecular weight excluding hydrogens is 566 g/mol. The van der Waals surface area contributed by atoms with E-state index in [1.54, 1.807) is 0 Å². The normalized spacial score (nSPS) is 14.0. The molecule has 2 aromatic carbocycles. The molecule has 5 rings (SSSR count). The van der Waals surface area contributed by atoms with Crippen molar-refractivity contribution >= 4 is 16.0 Å². The summed E-state index contributed by atoms with van der Waals surface area (Å²) >= 11 is 0. The Bertz CT molecular complexity index is 1790. The van der Waals surface area contributed by atoms with Gasteiger partial charge in [0.25, 0.3) is 5.56 Å². The first-order chi connectivity index (χ1) is 19.4. The first-order valence-electron chi connectivity index (χ1n) is 12.2. The van der Waals surface area contributed by atoms with E-state index in [0.717, 1.165) is 18.2 Å². The minimum atomic E-state index is -4.62. The van der Waals surface area contributed by atoms with Gasteiger partial charge in [0, 0.05) is 49.1 Å². The second kappa shape index (κ2) is 10.6. The highest BCUT2D eigenvalue weighted by molar-refractivity contribution is 7.90. The molecule has 0 unspecified atom stereocenters. The second-order valence-corrected chi connectivity index (χ2v) is 11.0. The number of pyridine rings is 1. The predicted molar refractivity (Wildman–Crippen MR) is 142 cm³/mol. The van der Waals surface area contributed by atoms with E-state index in [-0.39, 0.29) is 47.9 Å². The topological polar surface area (TPSA) is 106 Å². The maximum absolute atomic E-state index is 15.5. The van der Waals surface area contributed by atoms with Crippen molar-refractivity contribution in [2.24, 2.45) is 0 Å². The molecule has 3 heterocycles. The highest BCUT2D eigenvalue weighted by atomic mass is 32.2. The fourth-order valence-corrected chi connectivity index (χ4v) is 5.90. The SMILES string of the molecule is COc1cc(-c2cc(C)cc(C(F)(F)F)c2)c(F)cc1-n1c2c(ccc1=O)CN(S(=O)(=O)Nc1cccnn1)CC2. The van der Waals surface area contributed by atoms with Crippen molar-refractivity contribution in [1.29, 1.82) is 0 Å². The Hall–Kier alpha value is -4.30. The van der Waals surface area contributed by atoms with Crippen molar-refractivity contribution in [1.82, 2.24) is 19.1 Å². The van der Waals surface area contributed by atoms with Crippen LogP contribution in [0.5, 0.6) is 5.75 Å². The third kappa shape index (κ3) is 5.65. The fraction of sp³-hybridized carbons (Fsp3) is 0.222. The Morgan fingerprint density at radius 3 is 2.54 bits per heavy atom. The van der Waals surface area contributed by atoms with E-state index in [1.165, 1.54) is 65.5 Å². The monoisotopic (exact) mass is 589 g/mol. The van der Waals surface area contributed by atoms with Crippen molar-refractivity contribution < 1.29 is 30.7 Å². The van der Waals surface area contributed by atoms with Crippen molar-refractivity contribution in [3.63, 3.8) is 0 Å². The van der Waals surface area contributed by atoms with E-state index in [1.807, 2.05) is 0 Å². The number of ether oxygens (including phenoxy) is 1. The molecule has 1 N–H and O–H groups in total. The number of rotatable bonds is 6. The van der Waals surface area contributed by atoms with Gasteiger partial charge in [-0.2, -0.15) is 31.0 Å². The van der Waals surface area contributed by atoms with Gasteiger partial charge < -0.3 is 4.74 Å². The third-order valence-electron chi connectivity index (χ3n) is 6.60. The number of aromatic nitrogens is 3. The van der Waals surface area contributed by atoms with Crippen molar-refractivity contribution in [3.8, 4) is 22.6 Å². The Morgan fingerprint density at radius 1 is 1.07 bits per heavy atom. The number of hydrogen-bond acceptors (Lipinski definition) is 6. The number of methoxy groups -OCH3 is 1. The van der Waals surface area contributed by atoms with Crippen LogP contribution >= 0.6 is 0 Å². The van der Waals surface area contributed by atoms with Crippen LogP contribution in [-0.4, -0.2) is 41.1 Å². The van der Waals surface area contributed by atoms with E-state index < -0.39 is 33.3 Å². The van der Waals surface area contributed by atoms with Crippen LogP contribution in [0.25, 0.3) is 16.8 Å². The Balaban J connectivity index is 1.54. The number of alkyl halides is 3. The van der Waals surface area contributed by atoms with Crippen LogP contribution in [-0.2, 0) is 29.4 Å². The first-order valence-corrected chi connectivity index (χ1v) is 13.7. The van der Waals surface area contributed by atoms with Gasteiger partial charge in [0.15, 0.2) is 5.82 Å². The molecule has 0 atom stereocenters. The van der Waals surface area contributed by atoms with Crippen molar-refractivity contribution in [2.45, 2.75) is 26.1 Å². The molecule has 14 heteroatoms. The number of anilines is 1. The first kappa shape index (κ1) is 28.2. The van der Waals surface area contributed by atoms with Crippen LogP contribution in [0.15, 0.2) is 65.6 Å². The predicted octanol–water partition coefficient (Wildman–Crippen LogP) is 4.48. The van der Waals surface area contributed by atoms with Crippen molar-refractivity contribution in [3.05, 3.63) is 99.3 Å². The zero-order chi connectivity index (χ0) is 29.5. The van der Waals surface area contributed by atoms with Crippen LogP contribution < -0.4 is 15.0 Å². The lowest BCUT2D eigenvalue weighted by Crippen LogP contribution is -2.41. The molecule has 0 saturated heterocycles. The molecule has 41 heavy (non-hydrogen) atoms. The fourth-order valence-electron chi connectivity index (χ4n) is 4.76. The Kier molecular flexibility index (Phi) is 7.30. The third-order valence-corrected chi connectivity index (χ3v) is 8.06. The van der Waals surface area contributed by atoms with Gasteiger partial charge in [0.2, 0.25) is 0 Å². The van der Waals surface area contributed by atoms with Gasteiger partial charge in [-0.05, 0) is 53.9 Å². The van der Waals surface area contributed by atoms with Crippen LogP contribution in [0.4, 0.5) is 23.4 Å². The summed E-state index contributed by atoms with van der Waals surface area (Å²) in [6.45, 7) is 1.39. The quantitative estimate of drug-likeness (QED) is 0.333. The van der Waals surface area contributed by atoms with E-state index in [9.17, 15) is 26.4 Å². The average Bonchev–Trinajstić information content (AvgIpc) is 2.92. The molecule has 0 bridgehead atoms. The molecule has 0 amide bonds. The Labute approximate surface area is 232 Å². The lowest BCUT2D eigenvalue weighted by Gasteiger charge is -2.30. The summed E-state index contributed by atoms with van der Waals surface area (Å²) in [6.07, 6.45) is -3.12. The molecule has 0 fully saturated rings. The van der Waals surface area contributed by atoms with Gasteiger partial charge in [-0.25, -0.2) is 4.39 Å². The van der Waals surface area contributed by atoms with Gasteiger partial charge in [-0.3, -0.25) is 14.1 Å². The van der Waals surface area contributed by atoms with Gasteiger partial charge in [0.05, 0.1) is 18.4 Å². The highest BCUT2D eigenvalue weighted by Gasteiger charge is 2.32. The lowest BCUT2D eigenvalue weighted by molar-refractivity contribution is -0.137. The van der Waals surface area contributed by atoms with Gasteiger partial charge in [-0.15, -0.1) is 5.10 Å². The summed E-state index contributed by atoms with van der Waals surface area (Å²) in [5, 5.41) is 7.38. The molecule has 1 aliphatic rings. The van der Waals surface area contributed by atoms with Crippen molar-refractivity contribution in [2.75, 3.05) is 18.4 Å². The molecule has 4 aromatic rings. The molecule has 1 aliphatic heterocycles. The molecule has 0 radical (unpaired) electrons. The van der Waals surface area contributed by atoms with E-state index >= 15 is 4.39 Å². The summed E-state index contributed by atoms with van der Waals surface area (Å²) in [4.78, 5) is 13.0. The van der Waals surface area contributed by atoms with Gasteiger partial charge >= 0.3 is 16.4 Å². The number of hydrogen-bond donors (Lipinski definition) is 1. The number of fused-ring (bicyclic) bond motifs is 1. The largest absolute Gasteiger partial charge is 0.495 e. The number of halogens is 4. The molecule has 214 valence electrons. The van der Waals surface area contributed by atoms with E-state index in [2.05, 4.69) is 14.9 Å². The average molecular weight is 590 g/mol. The minimum absolute atomic E-state index is 0.00133. The summed E-state index contributed by atoms with van der Waals surface area (Å²) in [6, 6.07) is 11.2. The van der Waals surface area contributed by atoms with Gasteiger partial charge in [0.1, 0.15) is 11.6 Å². The summed E-state index contributed by atoms with van der Waals surface area (Å²) in [5.74, 6) is -0.775. The summed E-state index contributed by atoms with van der Waals surface area (Å²) in [7, 11) is -2.72. The zero-order valence-electron chi connectivity index (χ0n) is 21.7. The molecule has 2 aromatic heterocycles. The molecule has 0 saturated carbocycles. The molecular formula is C27H23F4N5O4S. The molecule has 0 aliphatic carbocycles. The molecule has 0 spiro atoms. The Morgan fingerprint density at radius 2 is 1.85 bits per heavy atom. The number of benzene rings is 2. The van der Waals surface area contributed by atoms with Crippen LogP contribution in [0.3, 0.4) is 0 Å². The number of aryl methyl sites for hydroxylation is 1. The van der Waals surface area contributed by atoms with Gasteiger partial charge in [-0.1, -0.05) is 12.1 Å². The summed E-state index contributed by atoms with van der Waals surface area (Å²) in [5.41, 5.74) is -0.297. The number of nitrogens with zero attached hydrogens (tertiary/aromatic N) is 4. The van der Waals surface area contributed by atoms with Crippen LogP contribution in [0.1, 0.15) is 22.4 Å². The minimum Gasteiger partial charge on any atom is -0.495 e. The zero-order valence-corrected chi connectivity index (χ0v) is 22.6. The summed E-state index contributed by atoms with van der Waals surface area (Å²) < 4.78 is 91.9. The maximum atomic E-state index is 15.5. The van der Waals surface area contributed by atoms with Crippen LogP contribution in [0.2, 0.25) is 0 Å². The van der Waals surface area contributed by atoms with E-state index in [4.69, 9.17) is 4.74 Å². The van der Waals surface area contributed by atoms with Crippen LogP contribution in [0, 0.1) is 12.7 Å². The smallest absolute Gasteiger partial charge is 0.416 e. The standard InChI is InChI=1S/C27H23F4N5O4S/c1-16-10-18(12-19(11-16)27(29,30)31)20-13-24(40-2)23(14-21(20)28)36-22-7-9-35(15-17(22)5-6-26(36)37)41(38,39)34-25-4-3-8-32-33-25/h3-6,8,10-14H,7,9,15H2,1-2H3,(H,33,34). The lowest BCUT2D eigenvalue weighted by atomic mass is 9.98. The molecule has 9 nitrogen and oxygen atoms in total. The number of nitrogens with one attached hydrogen (secondary N) is 1. The highest BCUT2D eigenvalue weighted by Crippen LogP contribution is 2.37. The van der Waals surface area contributed by atoms with E-state index in [0.29, 0.717) is 16.8 Å².